The highest BCUT2D eigenvalue weighted by Crippen LogP contribution is 2.40. The summed E-state index contributed by atoms with van der Waals surface area (Å²) in [7, 11) is 0. The van der Waals surface area contributed by atoms with Crippen LogP contribution >= 0.6 is 0 Å². The molecule has 0 unspecified atom stereocenters. The number of nitrogens with zero attached hydrogens (tertiary/aromatic N) is 1. The van der Waals surface area contributed by atoms with E-state index in [1.165, 1.54) is 66.1 Å². The van der Waals surface area contributed by atoms with Crippen LogP contribution in [0.3, 0.4) is 0 Å². The smallest absolute Gasteiger partial charge is 0.247 e. The summed E-state index contributed by atoms with van der Waals surface area (Å²) in [6.07, 6.45) is 0. The molecule has 0 atom stereocenters. The molecule has 164 valence electrons. The third-order valence-corrected chi connectivity index (χ3v) is 8.47. The van der Waals surface area contributed by atoms with E-state index in [-0.39, 0.29) is 12.1 Å². The van der Waals surface area contributed by atoms with Gasteiger partial charge in [0.25, 0.3) is 0 Å². The summed E-state index contributed by atoms with van der Waals surface area (Å²) >= 11 is 0. The zero-order chi connectivity index (χ0) is 23.3. The summed E-state index contributed by atoms with van der Waals surface area (Å²) in [5.74, 6) is 0. The molecule has 5 aromatic carbocycles. The van der Waals surface area contributed by atoms with Crippen LogP contribution in [0.5, 0.6) is 0 Å². The van der Waals surface area contributed by atoms with E-state index in [4.69, 9.17) is 0 Å². The highest BCUT2D eigenvalue weighted by atomic mass is 15.0. The van der Waals surface area contributed by atoms with Gasteiger partial charge < -0.3 is 4.57 Å². The van der Waals surface area contributed by atoms with Crippen LogP contribution in [0.15, 0.2) is 109 Å². The van der Waals surface area contributed by atoms with Crippen LogP contribution in [-0.2, 0) is 5.41 Å². The fourth-order valence-corrected chi connectivity index (χ4v) is 6.91. The van der Waals surface area contributed by atoms with Gasteiger partial charge in [-0.1, -0.05) is 116 Å². The molecule has 0 bridgehead atoms. The number of aromatic nitrogens is 1. The topological polar surface area (TPSA) is 4.93 Å². The molecule has 0 amide bonds. The largest absolute Gasteiger partial charge is 0.310 e. The fourth-order valence-electron chi connectivity index (χ4n) is 6.91. The molecule has 0 fully saturated rings. The molecule has 2 heteroatoms. The molecule has 0 N–H and O–H groups in total. The highest BCUT2D eigenvalue weighted by molar-refractivity contribution is 6.99. The fraction of sp³-hybridized carbons (Fsp3) is 0.0909. The highest BCUT2D eigenvalue weighted by Gasteiger charge is 2.44. The van der Waals surface area contributed by atoms with Crippen LogP contribution < -0.4 is 16.4 Å². The third kappa shape index (κ3) is 2.35. The first kappa shape index (κ1) is 19.3. The molecular formula is C33H24BN. The van der Waals surface area contributed by atoms with Crippen molar-refractivity contribution in [1.29, 1.82) is 0 Å². The zero-order valence-electron chi connectivity index (χ0n) is 19.9. The monoisotopic (exact) mass is 445 g/mol. The van der Waals surface area contributed by atoms with E-state index in [1.807, 2.05) is 0 Å². The van der Waals surface area contributed by atoms with Crippen molar-refractivity contribution < 1.29 is 0 Å². The zero-order valence-corrected chi connectivity index (χ0v) is 19.9. The number of benzene rings is 5. The summed E-state index contributed by atoms with van der Waals surface area (Å²) < 4.78 is 2.52. The Balaban J connectivity index is 1.51. The van der Waals surface area contributed by atoms with Crippen molar-refractivity contribution in [2.45, 2.75) is 19.3 Å². The Hall–Kier alpha value is -4.04. The van der Waals surface area contributed by atoms with Gasteiger partial charge in [0.2, 0.25) is 6.71 Å². The number of hydrogen-bond donors (Lipinski definition) is 0. The number of para-hydroxylation sites is 2. The van der Waals surface area contributed by atoms with Gasteiger partial charge in [-0.15, -0.1) is 0 Å². The lowest BCUT2D eigenvalue weighted by Crippen LogP contribution is -2.63. The van der Waals surface area contributed by atoms with Gasteiger partial charge in [0.15, 0.2) is 0 Å². The van der Waals surface area contributed by atoms with Crippen LogP contribution in [0.2, 0.25) is 0 Å². The Bertz CT molecular complexity index is 1820. The van der Waals surface area contributed by atoms with E-state index in [9.17, 15) is 0 Å². The van der Waals surface area contributed by atoms with E-state index in [0.29, 0.717) is 0 Å². The first-order valence-corrected chi connectivity index (χ1v) is 12.5. The number of rotatable bonds is 1. The molecule has 0 radical (unpaired) electrons. The Labute approximate surface area is 205 Å². The average molecular weight is 445 g/mol. The quantitative estimate of drug-likeness (QED) is 0.277. The van der Waals surface area contributed by atoms with Crippen molar-refractivity contribution in [2.24, 2.45) is 0 Å². The van der Waals surface area contributed by atoms with Crippen molar-refractivity contribution in [1.82, 2.24) is 4.57 Å². The molecule has 2 aliphatic rings. The van der Waals surface area contributed by atoms with Crippen LogP contribution in [-0.4, -0.2) is 11.3 Å². The second-order valence-corrected chi connectivity index (χ2v) is 10.6. The van der Waals surface area contributed by atoms with Crippen molar-refractivity contribution in [3.05, 3.63) is 120 Å². The lowest BCUT2D eigenvalue weighted by atomic mass is 9.30. The van der Waals surface area contributed by atoms with Gasteiger partial charge in [-0.3, -0.25) is 0 Å². The molecule has 3 heterocycles. The lowest BCUT2D eigenvalue weighted by Gasteiger charge is -2.42. The molecule has 1 aromatic heterocycles. The summed E-state index contributed by atoms with van der Waals surface area (Å²) in [6, 6.07) is 40.6. The van der Waals surface area contributed by atoms with Crippen LogP contribution in [0.25, 0.3) is 38.6 Å². The van der Waals surface area contributed by atoms with E-state index in [2.05, 4.69) is 128 Å². The predicted octanol–water partition coefficient (Wildman–Crippen LogP) is 5.92. The van der Waals surface area contributed by atoms with Crippen LogP contribution in [0.1, 0.15) is 25.0 Å². The van der Waals surface area contributed by atoms with Crippen molar-refractivity contribution in [3.8, 4) is 16.8 Å². The molecule has 1 nitrogen and oxygen atoms in total. The van der Waals surface area contributed by atoms with Gasteiger partial charge in [0.05, 0.1) is 5.52 Å². The van der Waals surface area contributed by atoms with Crippen molar-refractivity contribution >= 4 is 44.9 Å². The van der Waals surface area contributed by atoms with E-state index >= 15 is 0 Å². The molecule has 0 aliphatic carbocycles. The Morgan fingerprint density at radius 1 is 0.600 bits per heavy atom. The Kier molecular flexibility index (Phi) is 3.61. The maximum Gasteiger partial charge on any atom is 0.247 e. The Morgan fingerprint density at radius 2 is 1.37 bits per heavy atom. The summed E-state index contributed by atoms with van der Waals surface area (Å²) in [5, 5.41) is 2.68. The van der Waals surface area contributed by atoms with E-state index < -0.39 is 0 Å². The summed E-state index contributed by atoms with van der Waals surface area (Å²) in [6.45, 7) is 5.04. The van der Waals surface area contributed by atoms with Gasteiger partial charge in [0, 0.05) is 27.4 Å². The minimum absolute atomic E-state index is 0.0870. The van der Waals surface area contributed by atoms with E-state index in [1.54, 1.807) is 0 Å². The van der Waals surface area contributed by atoms with Crippen LogP contribution in [0.4, 0.5) is 0 Å². The molecule has 8 rings (SSSR count). The normalized spacial score (nSPS) is 14.7. The lowest BCUT2D eigenvalue weighted by molar-refractivity contribution is 0.645. The SMILES string of the molecule is CC1(C)c2cc(-c3ccccc3)ccc2B2c3c(cccc31)-n1c3ccccc3c3cccc2c31. The standard InChI is InChI=1S/C33H24BN/c1-33(2)25-14-9-17-30-31(25)34(27-19-18-22(20-26(27)33)21-10-4-3-5-11-21)28-15-8-13-24-23-12-6-7-16-29(23)35(30)32(24)28/h3-20H,1-2H3. The van der Waals surface area contributed by atoms with Gasteiger partial charge in [-0.05, 0) is 45.3 Å². The second kappa shape index (κ2) is 6.55. The van der Waals surface area contributed by atoms with Gasteiger partial charge in [0.1, 0.15) is 0 Å². The molecule has 0 saturated heterocycles. The number of hydrogen-bond acceptors (Lipinski definition) is 0. The van der Waals surface area contributed by atoms with E-state index in [0.717, 1.165) is 0 Å². The van der Waals surface area contributed by atoms with Crippen molar-refractivity contribution in [3.63, 3.8) is 0 Å². The average Bonchev–Trinajstić information content (AvgIpc) is 3.24. The maximum atomic E-state index is 2.52. The minimum atomic E-state index is -0.0870. The molecule has 35 heavy (non-hydrogen) atoms. The molecule has 0 spiro atoms. The van der Waals surface area contributed by atoms with Crippen molar-refractivity contribution in [2.75, 3.05) is 0 Å². The predicted molar refractivity (Wildman–Crippen MR) is 149 cm³/mol. The van der Waals surface area contributed by atoms with Gasteiger partial charge in [-0.2, -0.15) is 0 Å². The number of fused-ring (bicyclic) bond motifs is 7. The Morgan fingerprint density at radius 3 is 2.26 bits per heavy atom. The summed E-state index contributed by atoms with van der Waals surface area (Å²) in [4.78, 5) is 0. The van der Waals surface area contributed by atoms with Gasteiger partial charge >= 0.3 is 0 Å². The minimum Gasteiger partial charge on any atom is -0.310 e. The second-order valence-electron chi connectivity index (χ2n) is 10.6. The third-order valence-electron chi connectivity index (χ3n) is 8.47. The molecular weight excluding hydrogens is 421 g/mol. The molecule has 2 aliphatic heterocycles. The summed E-state index contributed by atoms with van der Waals surface area (Å²) in [5.41, 5.74) is 13.7. The first-order chi connectivity index (χ1) is 17.1. The first-order valence-electron chi connectivity index (χ1n) is 12.5. The molecule has 6 aromatic rings. The molecule has 0 saturated carbocycles. The van der Waals surface area contributed by atoms with Gasteiger partial charge in [-0.25, -0.2) is 0 Å². The maximum absolute atomic E-state index is 2.52. The van der Waals surface area contributed by atoms with Crippen LogP contribution in [0, 0.1) is 0 Å².